The van der Waals surface area contributed by atoms with E-state index in [4.69, 9.17) is 0 Å². The number of aromatic nitrogens is 1. The van der Waals surface area contributed by atoms with Gasteiger partial charge in [0, 0.05) is 17.8 Å². The minimum atomic E-state index is 0.212. The summed E-state index contributed by atoms with van der Waals surface area (Å²) in [6.45, 7) is 5.15. The molecule has 24 heavy (non-hydrogen) atoms. The Hall–Kier alpha value is -1.68. The molecule has 1 aromatic carbocycles. The van der Waals surface area contributed by atoms with Crippen LogP contribution in [0.25, 0.3) is 0 Å². The van der Waals surface area contributed by atoms with Crippen LogP contribution in [0.3, 0.4) is 0 Å². The summed E-state index contributed by atoms with van der Waals surface area (Å²) in [6, 6.07) is 10.7. The Labute approximate surface area is 148 Å². The molecule has 0 bridgehead atoms. The average molecular weight is 343 g/mol. The molecule has 1 aliphatic rings. The first-order valence-corrected chi connectivity index (χ1v) is 9.82. The summed E-state index contributed by atoms with van der Waals surface area (Å²) in [5, 5.41) is 3.16. The van der Waals surface area contributed by atoms with E-state index in [0.717, 1.165) is 30.1 Å². The monoisotopic (exact) mass is 342 g/mol. The van der Waals surface area contributed by atoms with Gasteiger partial charge in [0.2, 0.25) is 5.91 Å². The lowest BCUT2D eigenvalue weighted by Gasteiger charge is -2.30. The Morgan fingerprint density at radius 1 is 1.25 bits per heavy atom. The van der Waals surface area contributed by atoms with Gasteiger partial charge in [-0.2, -0.15) is 0 Å². The molecule has 0 saturated carbocycles. The second kappa shape index (κ2) is 7.93. The second-order valence-corrected chi connectivity index (χ2v) is 7.76. The molecule has 1 aliphatic heterocycles. The van der Waals surface area contributed by atoms with Gasteiger partial charge < -0.3 is 4.90 Å². The van der Waals surface area contributed by atoms with E-state index in [9.17, 15) is 4.79 Å². The molecule has 1 amide bonds. The number of benzene rings is 1. The SMILES string of the molecule is CC(C)c1nc(CC(=O)N2CCCCCC2c2ccccc2)cs1. The van der Waals surface area contributed by atoms with Crippen molar-refractivity contribution in [3.8, 4) is 0 Å². The number of hydrogen-bond donors (Lipinski definition) is 0. The standard InChI is InChI=1S/C20H26N2OS/c1-15(2)20-21-17(14-24-20)13-19(23)22-12-8-4-7-11-18(22)16-9-5-3-6-10-16/h3,5-6,9-10,14-15,18H,4,7-8,11-13H2,1-2H3. The maximum atomic E-state index is 13.0. The zero-order valence-electron chi connectivity index (χ0n) is 14.6. The van der Waals surface area contributed by atoms with Gasteiger partial charge in [0.05, 0.1) is 23.2 Å². The third-order valence-corrected chi connectivity index (χ3v) is 5.85. The Morgan fingerprint density at radius 2 is 2.04 bits per heavy atom. The Kier molecular flexibility index (Phi) is 5.67. The number of carbonyl (C=O) groups is 1. The highest BCUT2D eigenvalue weighted by Crippen LogP contribution is 2.30. The van der Waals surface area contributed by atoms with E-state index in [0.29, 0.717) is 12.3 Å². The quantitative estimate of drug-likeness (QED) is 0.787. The normalized spacial score (nSPS) is 18.6. The molecule has 0 spiro atoms. The van der Waals surface area contributed by atoms with Crippen LogP contribution in [0.2, 0.25) is 0 Å². The molecule has 1 saturated heterocycles. The molecule has 0 N–H and O–H groups in total. The topological polar surface area (TPSA) is 33.2 Å². The average Bonchev–Trinajstić information content (AvgIpc) is 2.91. The number of thiazole rings is 1. The van der Waals surface area contributed by atoms with E-state index in [2.05, 4.69) is 48.0 Å². The summed E-state index contributed by atoms with van der Waals surface area (Å²) in [5.41, 5.74) is 2.18. The van der Waals surface area contributed by atoms with Crippen LogP contribution < -0.4 is 0 Å². The maximum Gasteiger partial charge on any atom is 0.229 e. The summed E-state index contributed by atoms with van der Waals surface area (Å²) < 4.78 is 0. The summed E-state index contributed by atoms with van der Waals surface area (Å²) in [5.74, 6) is 0.639. The van der Waals surface area contributed by atoms with Gasteiger partial charge in [0.1, 0.15) is 0 Å². The fraction of sp³-hybridized carbons (Fsp3) is 0.500. The van der Waals surface area contributed by atoms with Crippen molar-refractivity contribution in [3.63, 3.8) is 0 Å². The van der Waals surface area contributed by atoms with E-state index in [1.54, 1.807) is 11.3 Å². The number of carbonyl (C=O) groups excluding carboxylic acids is 1. The van der Waals surface area contributed by atoms with Crippen LogP contribution in [0.4, 0.5) is 0 Å². The van der Waals surface area contributed by atoms with Gasteiger partial charge in [-0.15, -0.1) is 11.3 Å². The highest BCUT2D eigenvalue weighted by Gasteiger charge is 2.27. The first-order valence-electron chi connectivity index (χ1n) is 8.94. The van der Waals surface area contributed by atoms with E-state index in [1.165, 1.54) is 18.4 Å². The van der Waals surface area contributed by atoms with Gasteiger partial charge in [-0.25, -0.2) is 4.98 Å². The van der Waals surface area contributed by atoms with E-state index >= 15 is 0 Å². The number of hydrogen-bond acceptors (Lipinski definition) is 3. The van der Waals surface area contributed by atoms with Crippen molar-refractivity contribution in [1.82, 2.24) is 9.88 Å². The number of likely N-dealkylation sites (tertiary alicyclic amines) is 1. The molecule has 2 heterocycles. The predicted molar refractivity (Wildman–Crippen MR) is 99.3 cm³/mol. The van der Waals surface area contributed by atoms with Gasteiger partial charge in [-0.1, -0.05) is 57.0 Å². The van der Waals surface area contributed by atoms with Crippen molar-refractivity contribution in [2.45, 2.75) is 57.9 Å². The van der Waals surface area contributed by atoms with Crippen molar-refractivity contribution in [2.24, 2.45) is 0 Å². The molecule has 3 rings (SSSR count). The molecule has 2 aromatic rings. The Morgan fingerprint density at radius 3 is 2.75 bits per heavy atom. The van der Waals surface area contributed by atoms with E-state index < -0.39 is 0 Å². The molecule has 1 unspecified atom stereocenters. The largest absolute Gasteiger partial charge is 0.335 e. The molecule has 4 heteroatoms. The zero-order valence-corrected chi connectivity index (χ0v) is 15.4. The highest BCUT2D eigenvalue weighted by atomic mass is 32.1. The highest BCUT2D eigenvalue weighted by molar-refractivity contribution is 7.09. The van der Waals surface area contributed by atoms with Gasteiger partial charge >= 0.3 is 0 Å². The van der Waals surface area contributed by atoms with E-state index in [1.807, 2.05) is 11.4 Å². The van der Waals surface area contributed by atoms with Crippen molar-refractivity contribution in [3.05, 3.63) is 52.0 Å². The first-order chi connectivity index (χ1) is 11.6. The van der Waals surface area contributed by atoms with Gasteiger partial charge in [-0.05, 0) is 18.4 Å². The van der Waals surface area contributed by atoms with Gasteiger partial charge in [0.15, 0.2) is 0 Å². The molecule has 1 aromatic heterocycles. The lowest BCUT2D eigenvalue weighted by atomic mass is 10.0. The fourth-order valence-corrected chi connectivity index (χ4v) is 4.19. The smallest absolute Gasteiger partial charge is 0.229 e. The van der Waals surface area contributed by atoms with Crippen LogP contribution in [0.1, 0.15) is 67.8 Å². The molecule has 1 atom stereocenters. The predicted octanol–water partition coefficient (Wildman–Crippen LogP) is 4.95. The summed E-state index contributed by atoms with van der Waals surface area (Å²) in [7, 11) is 0. The third-order valence-electron chi connectivity index (χ3n) is 4.65. The molecular formula is C20H26N2OS. The first kappa shape index (κ1) is 17.2. The second-order valence-electron chi connectivity index (χ2n) is 6.87. The lowest BCUT2D eigenvalue weighted by molar-refractivity contribution is -0.133. The van der Waals surface area contributed by atoms with Gasteiger partial charge in [0.25, 0.3) is 0 Å². The Bertz CT molecular complexity index is 665. The van der Waals surface area contributed by atoms with Crippen LogP contribution in [-0.2, 0) is 11.2 Å². The number of rotatable bonds is 4. The van der Waals surface area contributed by atoms with Crippen molar-refractivity contribution < 1.29 is 4.79 Å². The zero-order chi connectivity index (χ0) is 16.9. The lowest BCUT2D eigenvalue weighted by Crippen LogP contribution is -2.36. The van der Waals surface area contributed by atoms with Crippen molar-refractivity contribution in [2.75, 3.05) is 6.54 Å². The minimum Gasteiger partial charge on any atom is -0.335 e. The molecule has 1 fully saturated rings. The fourth-order valence-electron chi connectivity index (χ4n) is 3.35. The van der Waals surface area contributed by atoms with Gasteiger partial charge in [-0.3, -0.25) is 4.79 Å². The number of amides is 1. The summed E-state index contributed by atoms with van der Waals surface area (Å²) in [6.07, 6.45) is 4.98. The number of nitrogens with zero attached hydrogens (tertiary/aromatic N) is 2. The van der Waals surface area contributed by atoms with Crippen LogP contribution in [0.5, 0.6) is 0 Å². The third kappa shape index (κ3) is 4.04. The molecule has 128 valence electrons. The summed E-state index contributed by atoms with van der Waals surface area (Å²) >= 11 is 1.67. The summed E-state index contributed by atoms with van der Waals surface area (Å²) in [4.78, 5) is 19.7. The maximum absolute atomic E-state index is 13.0. The van der Waals surface area contributed by atoms with Crippen LogP contribution >= 0.6 is 11.3 Å². The molecule has 3 nitrogen and oxygen atoms in total. The van der Waals surface area contributed by atoms with Crippen molar-refractivity contribution >= 4 is 17.2 Å². The van der Waals surface area contributed by atoms with Crippen molar-refractivity contribution in [1.29, 1.82) is 0 Å². The minimum absolute atomic E-state index is 0.212. The van der Waals surface area contributed by atoms with Crippen LogP contribution in [0.15, 0.2) is 35.7 Å². The van der Waals surface area contributed by atoms with Crippen LogP contribution in [-0.4, -0.2) is 22.3 Å². The van der Waals surface area contributed by atoms with Crippen LogP contribution in [0, 0.1) is 0 Å². The molecule has 0 radical (unpaired) electrons. The van der Waals surface area contributed by atoms with E-state index in [-0.39, 0.29) is 11.9 Å². The Balaban J connectivity index is 1.76. The molecule has 0 aliphatic carbocycles. The molecular weight excluding hydrogens is 316 g/mol.